The lowest BCUT2D eigenvalue weighted by molar-refractivity contribution is -0.119. The van der Waals surface area contributed by atoms with Gasteiger partial charge in [0.1, 0.15) is 17.7 Å². The second-order valence-electron chi connectivity index (χ2n) is 7.67. The molecule has 1 aromatic heterocycles. The number of likely N-dealkylation sites (tertiary alicyclic amines) is 1. The highest BCUT2D eigenvalue weighted by molar-refractivity contribution is 5.72. The summed E-state index contributed by atoms with van der Waals surface area (Å²) in [5, 5.41) is 2.75. The zero-order valence-corrected chi connectivity index (χ0v) is 16.2. The summed E-state index contributed by atoms with van der Waals surface area (Å²) in [5.41, 5.74) is 3.20. The van der Waals surface area contributed by atoms with Crippen LogP contribution in [-0.4, -0.2) is 35.0 Å². The average Bonchev–Trinajstić information content (AvgIpc) is 3.14. The van der Waals surface area contributed by atoms with Crippen molar-refractivity contribution in [3.63, 3.8) is 0 Å². The van der Waals surface area contributed by atoms with Crippen molar-refractivity contribution in [2.45, 2.75) is 51.3 Å². The minimum Gasteiger partial charge on any atom is -0.489 e. The SMILES string of the molecule is CC(=O)NCc1cc(OC2CCN(C3CCCc4ccc(F)cc43)C2)ccn1. The number of hydrogen-bond acceptors (Lipinski definition) is 4. The fraction of sp³-hybridized carbons (Fsp3) is 0.455. The predicted octanol–water partition coefficient (Wildman–Crippen LogP) is 3.39. The van der Waals surface area contributed by atoms with Gasteiger partial charge in [0, 0.05) is 38.3 Å². The fourth-order valence-corrected chi connectivity index (χ4v) is 4.29. The van der Waals surface area contributed by atoms with Gasteiger partial charge in [0.15, 0.2) is 0 Å². The number of benzene rings is 1. The van der Waals surface area contributed by atoms with Crippen LogP contribution in [0.4, 0.5) is 4.39 Å². The van der Waals surface area contributed by atoms with Gasteiger partial charge in [-0.2, -0.15) is 0 Å². The number of carbonyl (C=O) groups is 1. The number of halogens is 1. The van der Waals surface area contributed by atoms with E-state index in [1.165, 1.54) is 12.5 Å². The van der Waals surface area contributed by atoms with Crippen LogP contribution >= 0.6 is 0 Å². The Hall–Kier alpha value is -2.47. The standard InChI is InChI=1S/C22H26FN3O2/c1-15(27)25-13-18-12-19(7-9-24-18)28-20-8-10-26(14-20)22-4-2-3-16-5-6-17(23)11-21(16)22/h5-7,9,11-12,20,22H,2-4,8,10,13-14H2,1H3,(H,25,27). The zero-order chi connectivity index (χ0) is 19.5. The molecule has 28 heavy (non-hydrogen) atoms. The monoisotopic (exact) mass is 383 g/mol. The molecule has 1 aromatic carbocycles. The summed E-state index contributed by atoms with van der Waals surface area (Å²) >= 11 is 0. The van der Waals surface area contributed by atoms with Gasteiger partial charge in [-0.05, 0) is 55.0 Å². The van der Waals surface area contributed by atoms with Gasteiger partial charge < -0.3 is 10.1 Å². The number of hydrogen-bond donors (Lipinski definition) is 1. The Morgan fingerprint density at radius 1 is 1.32 bits per heavy atom. The molecule has 2 aliphatic rings. The molecule has 1 fully saturated rings. The number of nitrogens with one attached hydrogen (secondary N) is 1. The predicted molar refractivity (Wildman–Crippen MR) is 104 cm³/mol. The van der Waals surface area contributed by atoms with E-state index < -0.39 is 0 Å². The van der Waals surface area contributed by atoms with Crippen molar-refractivity contribution in [3.8, 4) is 5.75 Å². The molecular weight excluding hydrogens is 357 g/mol. The molecule has 5 nitrogen and oxygen atoms in total. The molecule has 4 rings (SSSR count). The number of rotatable bonds is 5. The van der Waals surface area contributed by atoms with E-state index in [9.17, 15) is 9.18 Å². The molecule has 1 saturated heterocycles. The summed E-state index contributed by atoms with van der Waals surface area (Å²) < 4.78 is 20.0. The Bertz CT molecular complexity index is 857. The molecule has 0 spiro atoms. The molecule has 2 heterocycles. The first-order chi connectivity index (χ1) is 13.6. The first-order valence-corrected chi connectivity index (χ1v) is 9.97. The van der Waals surface area contributed by atoms with Crippen molar-refractivity contribution < 1.29 is 13.9 Å². The molecule has 1 N–H and O–H groups in total. The molecule has 1 amide bonds. The molecule has 6 heteroatoms. The molecule has 2 unspecified atom stereocenters. The van der Waals surface area contributed by atoms with E-state index in [1.54, 1.807) is 18.3 Å². The lowest BCUT2D eigenvalue weighted by Crippen LogP contribution is -2.31. The van der Waals surface area contributed by atoms with Crippen molar-refractivity contribution in [3.05, 3.63) is 59.2 Å². The smallest absolute Gasteiger partial charge is 0.217 e. The highest BCUT2D eigenvalue weighted by atomic mass is 19.1. The van der Waals surface area contributed by atoms with Gasteiger partial charge in [-0.15, -0.1) is 0 Å². The van der Waals surface area contributed by atoms with Gasteiger partial charge in [-0.1, -0.05) is 6.07 Å². The van der Waals surface area contributed by atoms with Crippen LogP contribution in [0.25, 0.3) is 0 Å². The maximum Gasteiger partial charge on any atom is 0.217 e. The minimum atomic E-state index is -0.152. The molecule has 1 aliphatic heterocycles. The highest BCUT2D eigenvalue weighted by Gasteiger charge is 2.33. The van der Waals surface area contributed by atoms with Gasteiger partial charge in [0.05, 0.1) is 12.2 Å². The van der Waals surface area contributed by atoms with E-state index in [4.69, 9.17) is 4.74 Å². The summed E-state index contributed by atoms with van der Waals surface area (Å²) in [5.74, 6) is 0.544. The van der Waals surface area contributed by atoms with Crippen molar-refractivity contribution >= 4 is 5.91 Å². The quantitative estimate of drug-likeness (QED) is 0.860. The van der Waals surface area contributed by atoms with E-state index in [1.807, 2.05) is 18.2 Å². The van der Waals surface area contributed by atoms with Crippen LogP contribution in [0.5, 0.6) is 5.75 Å². The van der Waals surface area contributed by atoms with Crippen LogP contribution < -0.4 is 10.1 Å². The van der Waals surface area contributed by atoms with Crippen molar-refractivity contribution in [2.24, 2.45) is 0 Å². The van der Waals surface area contributed by atoms with Gasteiger partial charge in [0.25, 0.3) is 0 Å². The van der Waals surface area contributed by atoms with E-state index in [2.05, 4.69) is 15.2 Å². The topological polar surface area (TPSA) is 54.5 Å². The second kappa shape index (κ2) is 8.27. The van der Waals surface area contributed by atoms with Crippen LogP contribution in [0.3, 0.4) is 0 Å². The third-order valence-corrected chi connectivity index (χ3v) is 5.62. The van der Waals surface area contributed by atoms with Crippen LogP contribution in [-0.2, 0) is 17.8 Å². The Balaban J connectivity index is 1.40. The van der Waals surface area contributed by atoms with Crippen molar-refractivity contribution in [1.82, 2.24) is 15.2 Å². The zero-order valence-electron chi connectivity index (χ0n) is 16.2. The first kappa shape index (κ1) is 18.9. The lowest BCUT2D eigenvalue weighted by atomic mass is 9.87. The molecule has 2 atom stereocenters. The summed E-state index contributed by atoms with van der Waals surface area (Å²) in [7, 11) is 0. The molecule has 2 aromatic rings. The number of pyridine rings is 1. The highest BCUT2D eigenvalue weighted by Crippen LogP contribution is 2.37. The van der Waals surface area contributed by atoms with E-state index in [-0.39, 0.29) is 23.9 Å². The fourth-order valence-electron chi connectivity index (χ4n) is 4.29. The number of aromatic nitrogens is 1. The number of amides is 1. The summed E-state index contributed by atoms with van der Waals surface area (Å²) in [6.07, 6.45) is 6.01. The van der Waals surface area contributed by atoms with E-state index in [0.29, 0.717) is 6.54 Å². The Morgan fingerprint density at radius 3 is 3.07 bits per heavy atom. The normalized spacial score (nSPS) is 21.9. The Morgan fingerprint density at radius 2 is 2.21 bits per heavy atom. The minimum absolute atomic E-state index is 0.0799. The number of aryl methyl sites for hydroxylation is 1. The second-order valence-corrected chi connectivity index (χ2v) is 7.67. The molecule has 0 bridgehead atoms. The third kappa shape index (κ3) is 4.33. The van der Waals surface area contributed by atoms with Crippen LogP contribution in [0.2, 0.25) is 0 Å². The summed E-state index contributed by atoms with van der Waals surface area (Å²) in [4.78, 5) is 17.8. The van der Waals surface area contributed by atoms with Gasteiger partial charge in [-0.3, -0.25) is 14.7 Å². The van der Waals surface area contributed by atoms with Crippen molar-refractivity contribution in [2.75, 3.05) is 13.1 Å². The molecule has 0 radical (unpaired) electrons. The maximum absolute atomic E-state index is 13.8. The lowest BCUT2D eigenvalue weighted by Gasteiger charge is -2.33. The number of ether oxygens (including phenoxy) is 1. The average molecular weight is 383 g/mol. The largest absolute Gasteiger partial charge is 0.489 e. The van der Waals surface area contributed by atoms with Crippen LogP contribution in [0.1, 0.15) is 49.0 Å². The van der Waals surface area contributed by atoms with E-state index in [0.717, 1.165) is 55.8 Å². The molecule has 0 saturated carbocycles. The Kier molecular flexibility index (Phi) is 5.57. The third-order valence-electron chi connectivity index (χ3n) is 5.62. The number of nitrogens with zero attached hydrogens (tertiary/aromatic N) is 2. The Labute approximate surface area is 164 Å². The maximum atomic E-state index is 13.8. The molecule has 1 aliphatic carbocycles. The molecular formula is C22H26FN3O2. The van der Waals surface area contributed by atoms with Gasteiger partial charge in [0.2, 0.25) is 5.91 Å². The van der Waals surface area contributed by atoms with Gasteiger partial charge >= 0.3 is 0 Å². The van der Waals surface area contributed by atoms with Crippen LogP contribution in [0, 0.1) is 5.82 Å². The van der Waals surface area contributed by atoms with Crippen molar-refractivity contribution in [1.29, 1.82) is 0 Å². The molecule has 148 valence electrons. The van der Waals surface area contributed by atoms with Crippen LogP contribution in [0.15, 0.2) is 36.5 Å². The van der Waals surface area contributed by atoms with Gasteiger partial charge in [-0.25, -0.2) is 4.39 Å². The number of carbonyl (C=O) groups excluding carboxylic acids is 1. The summed E-state index contributed by atoms with van der Waals surface area (Å²) in [6.45, 7) is 3.68. The van der Waals surface area contributed by atoms with E-state index >= 15 is 0 Å². The summed E-state index contributed by atoms with van der Waals surface area (Å²) in [6, 6.07) is 9.23. The first-order valence-electron chi connectivity index (χ1n) is 9.97. The number of fused-ring (bicyclic) bond motifs is 1.